The Hall–Kier alpha value is -13.0. The number of phenols is 5. The molecule has 14 aromatic rings. The monoisotopic (exact) mass is 1500 g/mol. The first-order valence-electron chi connectivity index (χ1n) is 32.9. The number of hydrogen-bond donors (Lipinski definition) is 7. The summed E-state index contributed by atoms with van der Waals surface area (Å²) < 4.78 is 1.42. The van der Waals surface area contributed by atoms with Crippen LogP contribution in [0.3, 0.4) is 0 Å². The molecule has 534 valence electrons. The van der Waals surface area contributed by atoms with Crippen molar-refractivity contribution >= 4 is 123 Å². The number of azo groups is 6. The van der Waals surface area contributed by atoms with Crippen LogP contribution in [-0.4, -0.2) is 46.3 Å². The van der Waals surface area contributed by atoms with Crippen LogP contribution in [0.4, 0.5) is 73.9 Å². The number of nitrogens with zero attached hydrogens (tertiary/aromatic N) is 14. The van der Waals surface area contributed by atoms with Crippen molar-refractivity contribution in [3.63, 3.8) is 0 Å². The van der Waals surface area contributed by atoms with E-state index in [1.165, 1.54) is 22.2 Å². The quantitative estimate of drug-likeness (QED) is 0.0381. The fraction of sp³-hybridized carbons (Fsp3) is 0.0976. The fourth-order valence-corrected chi connectivity index (χ4v) is 11.8. The zero-order valence-electron chi connectivity index (χ0n) is 58.2. The summed E-state index contributed by atoms with van der Waals surface area (Å²) in [6.07, 6.45) is 0. The molecular formula is C82H67Cu2N15O7. The molecule has 0 saturated heterocycles. The number of amides is 1. The molecule has 1 heterocycles. The van der Waals surface area contributed by atoms with Gasteiger partial charge < -0.3 is 36.0 Å². The predicted octanol–water partition coefficient (Wildman–Crippen LogP) is 24.6. The molecule has 13 aromatic carbocycles. The van der Waals surface area contributed by atoms with Crippen LogP contribution >= 0.6 is 0 Å². The van der Waals surface area contributed by atoms with Crippen LogP contribution in [0.25, 0.3) is 48.8 Å². The summed E-state index contributed by atoms with van der Waals surface area (Å²) in [6.45, 7) is 15.3. The summed E-state index contributed by atoms with van der Waals surface area (Å²) in [5.74, 6) is -1.44. The zero-order valence-corrected chi connectivity index (χ0v) is 60.1. The summed E-state index contributed by atoms with van der Waals surface area (Å²) in [6, 6.07) is 65.2. The van der Waals surface area contributed by atoms with Gasteiger partial charge in [0.25, 0.3) is 5.91 Å². The van der Waals surface area contributed by atoms with Gasteiger partial charge in [-0.2, -0.15) is 40.5 Å². The Balaban J connectivity index is 0.000000208. The van der Waals surface area contributed by atoms with E-state index < -0.39 is 5.91 Å². The van der Waals surface area contributed by atoms with Gasteiger partial charge in [0.1, 0.15) is 39.9 Å². The third-order valence-electron chi connectivity index (χ3n) is 17.3. The van der Waals surface area contributed by atoms with Crippen molar-refractivity contribution in [2.24, 2.45) is 61.4 Å². The summed E-state index contributed by atoms with van der Waals surface area (Å²) in [7, 11) is 0. The minimum absolute atomic E-state index is 0. The van der Waals surface area contributed by atoms with E-state index in [1.54, 1.807) is 98.8 Å². The first-order valence-corrected chi connectivity index (χ1v) is 32.9. The standard InChI is InChI=1S/C41H36N8O3.C41H31N7O4.2Cu/c1-22-10-14-31(15-11-22)49-41(52)39(27(6)48-49)47-42-29-13-12-28-16-26(5)38(40(51)34(28)19-29)46-45-36-18-25(4)35(21-37(36)50)44-43-30-17-24(3)32-9-7-8-23(2)33(32)20-30;1-24-9-8-13-29(19-24)43-44-31-17-18-35(36(49)23-31)46-47-37-25(2)20-27-15-16-30(22-33(27)39(37)50)45-48-38-32-14-7-6-10-26(32)21-34(40(38)51)41(52)42-28-11-4-3-5-12-28;;/h7-21,50-52H,1-6H3;3-23,49-51H,1-2H3,(H,42,52);;. The molecule has 0 aliphatic carbocycles. The molecule has 14 rings (SSSR count). The van der Waals surface area contributed by atoms with Crippen LogP contribution in [0.2, 0.25) is 0 Å². The number of para-hydroxylation sites is 1. The number of carbonyl (C=O) groups excluding carboxylic acids is 1. The second-order valence-corrected chi connectivity index (χ2v) is 25.0. The van der Waals surface area contributed by atoms with E-state index in [9.17, 15) is 35.4 Å². The Bertz CT molecular complexity index is 5940. The number of hydrogen-bond acceptors (Lipinski definition) is 20. The Labute approximate surface area is 629 Å². The summed E-state index contributed by atoms with van der Waals surface area (Å²) in [5.41, 5.74) is 12.8. The molecule has 0 aliphatic rings. The maximum absolute atomic E-state index is 13.2. The van der Waals surface area contributed by atoms with Crippen molar-refractivity contribution in [1.29, 1.82) is 0 Å². The molecule has 0 fully saturated rings. The first kappa shape index (κ1) is 74.2. The molecule has 7 N–H and O–H groups in total. The number of nitrogens with one attached hydrogen (secondary N) is 1. The van der Waals surface area contributed by atoms with Crippen LogP contribution in [0.15, 0.2) is 280 Å². The SMILES string of the molecule is Cc1ccc(-n2nc(C)c(N=Nc3ccc4cc(C)c(N=Nc5cc(C)c(N=Nc6cc(C)c7cccc(C)c7c6)cc5O)c(O)c4c3)c2O)cc1.Cc1cccc(N=Nc2ccc(N=Nc3c(C)cc4ccc(N=Nc5c(O)c(C(=O)Nc6ccccc6)cc6ccccc56)cc4c3O)c(O)c2)c1.[Cu].[Cu]. The number of anilines is 1. The van der Waals surface area contributed by atoms with Crippen molar-refractivity contribution in [2.45, 2.75) is 55.4 Å². The number of carbonyl (C=O) groups is 1. The minimum Gasteiger partial charge on any atom is -0.506 e. The molecule has 0 bridgehead atoms. The van der Waals surface area contributed by atoms with E-state index in [-0.39, 0.29) is 108 Å². The van der Waals surface area contributed by atoms with Gasteiger partial charge in [-0.1, -0.05) is 103 Å². The van der Waals surface area contributed by atoms with E-state index in [0.717, 1.165) is 49.7 Å². The van der Waals surface area contributed by atoms with Crippen LogP contribution in [0.5, 0.6) is 34.6 Å². The van der Waals surface area contributed by atoms with Gasteiger partial charge in [-0.05, 0) is 225 Å². The van der Waals surface area contributed by atoms with Gasteiger partial charge in [0.15, 0.2) is 22.9 Å². The van der Waals surface area contributed by atoms with Crippen molar-refractivity contribution < 1.29 is 69.6 Å². The molecule has 2 radical (unpaired) electrons. The van der Waals surface area contributed by atoms with Crippen molar-refractivity contribution in [3.8, 4) is 40.3 Å². The van der Waals surface area contributed by atoms with Gasteiger partial charge in [0.05, 0.1) is 51.1 Å². The molecule has 0 saturated carbocycles. The van der Waals surface area contributed by atoms with Gasteiger partial charge in [0, 0.05) is 68.1 Å². The van der Waals surface area contributed by atoms with E-state index in [4.69, 9.17) is 0 Å². The molecule has 0 atom stereocenters. The average Bonchev–Trinajstić information content (AvgIpc) is 1.62. The average molecular weight is 1500 g/mol. The second kappa shape index (κ2) is 32.1. The number of phenolic OH excluding ortho intramolecular Hbond substituents is 5. The minimum atomic E-state index is -0.494. The third-order valence-corrected chi connectivity index (χ3v) is 17.3. The van der Waals surface area contributed by atoms with E-state index in [1.807, 2.05) is 137 Å². The van der Waals surface area contributed by atoms with Crippen LogP contribution in [0, 0.1) is 55.4 Å². The zero-order chi connectivity index (χ0) is 72.9. The molecule has 1 aromatic heterocycles. The predicted molar refractivity (Wildman–Crippen MR) is 406 cm³/mol. The number of fused-ring (bicyclic) bond motifs is 4. The van der Waals surface area contributed by atoms with Gasteiger partial charge in [-0.25, -0.2) is 0 Å². The van der Waals surface area contributed by atoms with Crippen molar-refractivity contribution in [2.75, 3.05) is 5.32 Å². The fourth-order valence-electron chi connectivity index (χ4n) is 11.8. The number of rotatable bonds is 15. The normalized spacial score (nSPS) is 11.7. The number of benzene rings is 13. The Morgan fingerprint density at radius 1 is 0.340 bits per heavy atom. The van der Waals surface area contributed by atoms with Crippen molar-refractivity contribution in [1.82, 2.24) is 9.78 Å². The van der Waals surface area contributed by atoms with Gasteiger partial charge in [-0.3, -0.25) is 4.79 Å². The number of aromatic hydroxyl groups is 6. The van der Waals surface area contributed by atoms with E-state index >= 15 is 0 Å². The molecule has 0 aliphatic heterocycles. The maximum atomic E-state index is 13.2. The summed E-state index contributed by atoms with van der Waals surface area (Å²) in [5, 5.41) is 131. The van der Waals surface area contributed by atoms with Gasteiger partial charge in [-0.15, -0.1) is 30.7 Å². The molecule has 0 spiro atoms. The number of aryl methyl sites for hydroxylation is 8. The molecule has 22 nitrogen and oxygen atoms in total. The largest absolute Gasteiger partial charge is 0.506 e. The Kier molecular flexibility index (Phi) is 22.5. The summed E-state index contributed by atoms with van der Waals surface area (Å²) in [4.78, 5) is 13.2. The van der Waals surface area contributed by atoms with Gasteiger partial charge >= 0.3 is 0 Å². The number of aromatic nitrogens is 2. The molecule has 0 unspecified atom stereocenters. The first-order chi connectivity index (χ1) is 50.2. The second-order valence-electron chi connectivity index (χ2n) is 25.0. The van der Waals surface area contributed by atoms with Crippen LogP contribution in [-0.2, 0) is 34.1 Å². The topological polar surface area (TPSA) is 317 Å². The van der Waals surface area contributed by atoms with E-state index in [0.29, 0.717) is 78.2 Å². The molecular weight excluding hydrogens is 1430 g/mol. The molecule has 106 heavy (non-hydrogen) atoms. The Morgan fingerprint density at radius 3 is 1.53 bits per heavy atom. The molecule has 24 heteroatoms. The summed E-state index contributed by atoms with van der Waals surface area (Å²) >= 11 is 0. The van der Waals surface area contributed by atoms with E-state index in [2.05, 4.69) is 97.8 Å². The third kappa shape index (κ3) is 16.3. The Morgan fingerprint density at radius 2 is 0.868 bits per heavy atom. The molecule has 1 amide bonds. The maximum Gasteiger partial charge on any atom is 0.259 e. The van der Waals surface area contributed by atoms with Crippen molar-refractivity contribution in [3.05, 3.63) is 269 Å². The van der Waals surface area contributed by atoms with Crippen LogP contribution in [0.1, 0.15) is 55.0 Å². The van der Waals surface area contributed by atoms with Gasteiger partial charge in [0.2, 0.25) is 5.88 Å². The van der Waals surface area contributed by atoms with Crippen LogP contribution < -0.4 is 5.32 Å². The smallest absolute Gasteiger partial charge is 0.259 e.